The van der Waals surface area contributed by atoms with Crippen LogP contribution in [0.4, 0.5) is 0 Å². The minimum atomic E-state index is 0.702. The maximum absolute atomic E-state index is 6.15. The van der Waals surface area contributed by atoms with Crippen LogP contribution in [0.2, 0.25) is 5.02 Å². The average molecular weight is 273 g/mol. The second-order valence-corrected chi connectivity index (χ2v) is 5.14. The topological polar surface area (TPSA) is 25.8 Å². The first-order valence-electron chi connectivity index (χ1n) is 5.48. The van der Waals surface area contributed by atoms with E-state index in [-0.39, 0.29) is 0 Å². The Morgan fingerprint density at radius 2 is 1.44 bits per heavy atom. The smallest absolute Gasteiger partial charge is 0.138 e. The quantitative estimate of drug-likeness (QED) is 0.685. The SMILES string of the molecule is Clc1ccccc1-c1nnc(-c2ccccc2)s1. The Balaban J connectivity index is 2.03. The van der Waals surface area contributed by atoms with Crippen LogP contribution in [0.3, 0.4) is 0 Å². The summed E-state index contributed by atoms with van der Waals surface area (Å²) in [5.41, 5.74) is 2.01. The van der Waals surface area contributed by atoms with Crippen molar-refractivity contribution in [3.63, 3.8) is 0 Å². The second kappa shape index (κ2) is 4.88. The first-order chi connectivity index (χ1) is 8.84. The Morgan fingerprint density at radius 3 is 2.22 bits per heavy atom. The number of halogens is 1. The molecule has 0 saturated carbocycles. The molecule has 2 aromatic carbocycles. The molecular formula is C14H9ClN2S. The van der Waals surface area contributed by atoms with E-state index in [0.717, 1.165) is 21.1 Å². The standard InChI is InChI=1S/C14H9ClN2S/c15-12-9-5-4-8-11(12)14-17-16-13(18-14)10-6-2-1-3-7-10/h1-9H. The lowest BCUT2D eigenvalue weighted by Crippen LogP contribution is -1.78. The lowest BCUT2D eigenvalue weighted by Gasteiger charge is -1.97. The van der Waals surface area contributed by atoms with Gasteiger partial charge in [-0.25, -0.2) is 0 Å². The van der Waals surface area contributed by atoms with E-state index in [9.17, 15) is 0 Å². The van der Waals surface area contributed by atoms with Gasteiger partial charge in [0.25, 0.3) is 0 Å². The van der Waals surface area contributed by atoms with Crippen molar-refractivity contribution in [2.45, 2.75) is 0 Å². The highest BCUT2D eigenvalue weighted by Crippen LogP contribution is 2.33. The predicted molar refractivity (Wildman–Crippen MR) is 75.8 cm³/mol. The lowest BCUT2D eigenvalue weighted by molar-refractivity contribution is 1.10. The molecule has 0 bridgehead atoms. The molecule has 1 aromatic heterocycles. The fraction of sp³-hybridized carbons (Fsp3) is 0. The molecule has 3 aromatic rings. The zero-order valence-electron chi connectivity index (χ0n) is 9.38. The number of hydrogen-bond donors (Lipinski definition) is 0. The maximum Gasteiger partial charge on any atom is 0.149 e. The molecule has 0 aliphatic heterocycles. The van der Waals surface area contributed by atoms with Crippen molar-refractivity contribution in [1.29, 1.82) is 0 Å². The fourth-order valence-corrected chi connectivity index (χ4v) is 2.83. The van der Waals surface area contributed by atoms with Crippen LogP contribution in [0, 0.1) is 0 Å². The summed E-state index contributed by atoms with van der Waals surface area (Å²) in [5, 5.41) is 10.9. The summed E-state index contributed by atoms with van der Waals surface area (Å²) in [5.74, 6) is 0. The molecule has 0 unspecified atom stereocenters. The van der Waals surface area contributed by atoms with E-state index in [1.165, 1.54) is 0 Å². The molecule has 0 N–H and O–H groups in total. The molecule has 0 saturated heterocycles. The summed E-state index contributed by atoms with van der Waals surface area (Å²) in [6, 6.07) is 17.7. The van der Waals surface area contributed by atoms with E-state index in [1.54, 1.807) is 11.3 Å². The number of nitrogens with zero attached hydrogens (tertiary/aromatic N) is 2. The average Bonchev–Trinajstić information content (AvgIpc) is 2.90. The Hall–Kier alpha value is -1.71. The van der Waals surface area contributed by atoms with Crippen LogP contribution in [0.1, 0.15) is 0 Å². The highest BCUT2D eigenvalue weighted by Gasteiger charge is 2.10. The van der Waals surface area contributed by atoms with Gasteiger partial charge in [-0.1, -0.05) is 71.5 Å². The third-order valence-corrected chi connectivity index (χ3v) is 3.89. The van der Waals surface area contributed by atoms with E-state index in [0.29, 0.717) is 5.02 Å². The lowest BCUT2D eigenvalue weighted by atomic mass is 10.2. The van der Waals surface area contributed by atoms with Crippen LogP contribution in [-0.4, -0.2) is 10.2 Å². The van der Waals surface area contributed by atoms with Gasteiger partial charge in [-0.15, -0.1) is 10.2 Å². The van der Waals surface area contributed by atoms with Crippen molar-refractivity contribution in [3.8, 4) is 21.1 Å². The van der Waals surface area contributed by atoms with Gasteiger partial charge in [0.15, 0.2) is 0 Å². The molecule has 0 aliphatic carbocycles. The number of aromatic nitrogens is 2. The van der Waals surface area contributed by atoms with Gasteiger partial charge in [-0.05, 0) is 6.07 Å². The third kappa shape index (κ3) is 2.15. The molecule has 0 atom stereocenters. The van der Waals surface area contributed by atoms with Gasteiger partial charge in [0.05, 0.1) is 5.02 Å². The van der Waals surface area contributed by atoms with Crippen LogP contribution in [0.5, 0.6) is 0 Å². The van der Waals surface area contributed by atoms with Gasteiger partial charge in [-0.2, -0.15) is 0 Å². The summed E-state index contributed by atoms with van der Waals surface area (Å²) in [4.78, 5) is 0. The van der Waals surface area contributed by atoms with Gasteiger partial charge in [0.2, 0.25) is 0 Å². The first kappa shape index (κ1) is 11.4. The second-order valence-electron chi connectivity index (χ2n) is 3.76. The van der Waals surface area contributed by atoms with Crippen LogP contribution >= 0.6 is 22.9 Å². The van der Waals surface area contributed by atoms with Crippen LogP contribution in [0.15, 0.2) is 54.6 Å². The first-order valence-corrected chi connectivity index (χ1v) is 6.68. The highest BCUT2D eigenvalue weighted by atomic mass is 35.5. The Morgan fingerprint density at radius 1 is 0.778 bits per heavy atom. The van der Waals surface area contributed by atoms with Crippen LogP contribution in [-0.2, 0) is 0 Å². The maximum atomic E-state index is 6.15. The van der Waals surface area contributed by atoms with Crippen molar-refractivity contribution in [3.05, 3.63) is 59.6 Å². The van der Waals surface area contributed by atoms with E-state index in [2.05, 4.69) is 10.2 Å². The van der Waals surface area contributed by atoms with Crippen molar-refractivity contribution in [2.75, 3.05) is 0 Å². The monoisotopic (exact) mass is 272 g/mol. The number of hydrogen-bond acceptors (Lipinski definition) is 3. The van der Waals surface area contributed by atoms with E-state index >= 15 is 0 Å². The fourth-order valence-electron chi connectivity index (χ4n) is 1.66. The molecule has 1 heterocycles. The molecule has 0 radical (unpaired) electrons. The molecule has 18 heavy (non-hydrogen) atoms. The summed E-state index contributed by atoms with van der Waals surface area (Å²) in [6.45, 7) is 0. The third-order valence-electron chi connectivity index (χ3n) is 2.55. The van der Waals surface area contributed by atoms with Crippen molar-refractivity contribution in [2.24, 2.45) is 0 Å². The Kier molecular flexibility index (Phi) is 3.09. The van der Waals surface area contributed by atoms with Crippen molar-refractivity contribution < 1.29 is 0 Å². The Labute approximate surface area is 114 Å². The minimum absolute atomic E-state index is 0.702. The van der Waals surface area contributed by atoms with Gasteiger partial charge in [0, 0.05) is 11.1 Å². The predicted octanol–water partition coefficient (Wildman–Crippen LogP) is 4.53. The van der Waals surface area contributed by atoms with Crippen molar-refractivity contribution >= 4 is 22.9 Å². The highest BCUT2D eigenvalue weighted by molar-refractivity contribution is 7.18. The van der Waals surface area contributed by atoms with Gasteiger partial charge in [-0.3, -0.25) is 0 Å². The van der Waals surface area contributed by atoms with Crippen LogP contribution < -0.4 is 0 Å². The molecule has 3 rings (SSSR count). The summed E-state index contributed by atoms with van der Waals surface area (Å²) >= 11 is 7.70. The minimum Gasteiger partial charge on any atom is -0.138 e. The van der Waals surface area contributed by atoms with Gasteiger partial charge >= 0.3 is 0 Å². The van der Waals surface area contributed by atoms with E-state index in [4.69, 9.17) is 11.6 Å². The molecule has 2 nitrogen and oxygen atoms in total. The molecule has 0 fully saturated rings. The largest absolute Gasteiger partial charge is 0.149 e. The molecule has 0 amide bonds. The van der Waals surface area contributed by atoms with E-state index < -0.39 is 0 Å². The molecular weight excluding hydrogens is 264 g/mol. The molecule has 88 valence electrons. The normalized spacial score (nSPS) is 10.5. The van der Waals surface area contributed by atoms with E-state index in [1.807, 2.05) is 54.6 Å². The summed E-state index contributed by atoms with van der Waals surface area (Å²) in [7, 11) is 0. The number of benzene rings is 2. The van der Waals surface area contributed by atoms with Gasteiger partial charge < -0.3 is 0 Å². The molecule has 0 aliphatic rings. The summed E-state index contributed by atoms with van der Waals surface area (Å²) < 4.78 is 0. The Bertz CT molecular complexity index is 664. The number of rotatable bonds is 2. The van der Waals surface area contributed by atoms with Crippen LogP contribution in [0.25, 0.3) is 21.1 Å². The van der Waals surface area contributed by atoms with Gasteiger partial charge in [0.1, 0.15) is 10.0 Å². The van der Waals surface area contributed by atoms with Crippen molar-refractivity contribution in [1.82, 2.24) is 10.2 Å². The molecule has 0 spiro atoms. The zero-order chi connectivity index (χ0) is 12.4. The zero-order valence-corrected chi connectivity index (χ0v) is 10.9. The summed E-state index contributed by atoms with van der Waals surface area (Å²) in [6.07, 6.45) is 0. The molecule has 4 heteroatoms.